The fourth-order valence-corrected chi connectivity index (χ4v) is 1.94. The molecule has 1 aromatic rings. The van der Waals surface area contributed by atoms with Crippen molar-refractivity contribution in [1.29, 1.82) is 0 Å². The molecule has 1 unspecified atom stereocenters. The van der Waals surface area contributed by atoms with Crippen molar-refractivity contribution in [3.8, 4) is 11.5 Å². The third-order valence-electron chi connectivity index (χ3n) is 3.06. The number of hydrogen-bond donors (Lipinski definition) is 1. The Balaban J connectivity index is 2.76. The van der Waals surface area contributed by atoms with Crippen LogP contribution in [0.15, 0.2) is 18.2 Å². The molecule has 0 fully saturated rings. The average Bonchev–Trinajstić information content (AvgIpc) is 2.33. The van der Waals surface area contributed by atoms with Gasteiger partial charge in [-0.3, -0.25) is 0 Å². The summed E-state index contributed by atoms with van der Waals surface area (Å²) < 4.78 is 11.2. The smallest absolute Gasteiger partial charge is 0.123 e. The molecule has 0 aliphatic heterocycles. The van der Waals surface area contributed by atoms with E-state index in [0.717, 1.165) is 24.3 Å². The molecule has 0 heterocycles. The first kappa shape index (κ1) is 15.8. The molecular formula is C16H27NO2. The van der Waals surface area contributed by atoms with Gasteiger partial charge in [0.1, 0.15) is 11.5 Å². The summed E-state index contributed by atoms with van der Waals surface area (Å²) in [6.45, 7) is 9.26. The number of hydrogen-bond acceptors (Lipinski definition) is 3. The fraction of sp³-hybridized carbons (Fsp3) is 0.625. The standard InChI is InChI=1S/C16H27NO2/c1-12(17)7-6-10-19-15-9-8-13(18-5)11-14(15)16(2,3)4/h8-9,11-12H,6-7,10,17H2,1-5H3. The third-order valence-corrected chi connectivity index (χ3v) is 3.06. The number of methoxy groups -OCH3 is 1. The van der Waals surface area contributed by atoms with Gasteiger partial charge in [-0.05, 0) is 43.4 Å². The van der Waals surface area contributed by atoms with E-state index >= 15 is 0 Å². The Kier molecular flexibility index (Phi) is 5.67. The van der Waals surface area contributed by atoms with E-state index in [2.05, 4.69) is 26.8 Å². The summed E-state index contributed by atoms with van der Waals surface area (Å²) >= 11 is 0. The van der Waals surface area contributed by atoms with Crippen LogP contribution in [0, 0.1) is 0 Å². The quantitative estimate of drug-likeness (QED) is 0.801. The molecule has 0 amide bonds. The number of benzene rings is 1. The van der Waals surface area contributed by atoms with Crippen LogP contribution in [0.1, 0.15) is 46.1 Å². The van der Waals surface area contributed by atoms with Gasteiger partial charge in [0.2, 0.25) is 0 Å². The van der Waals surface area contributed by atoms with Crippen LogP contribution in [0.4, 0.5) is 0 Å². The summed E-state index contributed by atoms with van der Waals surface area (Å²) in [6, 6.07) is 6.23. The van der Waals surface area contributed by atoms with E-state index in [1.54, 1.807) is 7.11 Å². The Morgan fingerprint density at radius 2 is 1.95 bits per heavy atom. The molecule has 1 atom stereocenters. The molecule has 0 aliphatic carbocycles. The van der Waals surface area contributed by atoms with Crippen molar-refractivity contribution in [3.63, 3.8) is 0 Å². The molecule has 0 saturated carbocycles. The lowest BCUT2D eigenvalue weighted by molar-refractivity contribution is 0.294. The van der Waals surface area contributed by atoms with E-state index in [-0.39, 0.29) is 11.5 Å². The lowest BCUT2D eigenvalue weighted by Crippen LogP contribution is -2.17. The van der Waals surface area contributed by atoms with Gasteiger partial charge in [0.15, 0.2) is 0 Å². The maximum absolute atomic E-state index is 5.90. The van der Waals surface area contributed by atoms with Crippen LogP contribution in [0.5, 0.6) is 11.5 Å². The molecule has 3 nitrogen and oxygen atoms in total. The molecule has 108 valence electrons. The Labute approximate surface area is 117 Å². The van der Waals surface area contributed by atoms with Gasteiger partial charge in [-0.15, -0.1) is 0 Å². The molecule has 2 N–H and O–H groups in total. The molecule has 1 aromatic carbocycles. The van der Waals surface area contributed by atoms with Crippen LogP contribution in [-0.2, 0) is 5.41 Å². The van der Waals surface area contributed by atoms with E-state index in [1.807, 2.05) is 19.1 Å². The Bertz CT molecular complexity index is 394. The highest BCUT2D eigenvalue weighted by Crippen LogP contribution is 2.34. The van der Waals surface area contributed by atoms with Crippen molar-refractivity contribution in [1.82, 2.24) is 0 Å². The topological polar surface area (TPSA) is 44.5 Å². The van der Waals surface area contributed by atoms with E-state index in [1.165, 1.54) is 5.56 Å². The van der Waals surface area contributed by atoms with Crippen LogP contribution in [-0.4, -0.2) is 19.8 Å². The van der Waals surface area contributed by atoms with Crippen LogP contribution >= 0.6 is 0 Å². The Morgan fingerprint density at radius 3 is 2.47 bits per heavy atom. The maximum Gasteiger partial charge on any atom is 0.123 e. The Hall–Kier alpha value is -1.22. The van der Waals surface area contributed by atoms with E-state index < -0.39 is 0 Å². The molecular weight excluding hydrogens is 238 g/mol. The van der Waals surface area contributed by atoms with Gasteiger partial charge < -0.3 is 15.2 Å². The minimum Gasteiger partial charge on any atom is -0.497 e. The minimum absolute atomic E-state index is 0.0328. The van der Waals surface area contributed by atoms with Gasteiger partial charge in [-0.1, -0.05) is 20.8 Å². The first-order valence-electron chi connectivity index (χ1n) is 6.91. The first-order chi connectivity index (χ1) is 8.84. The summed E-state index contributed by atoms with van der Waals surface area (Å²) in [4.78, 5) is 0. The van der Waals surface area contributed by atoms with E-state index in [0.29, 0.717) is 6.61 Å². The van der Waals surface area contributed by atoms with Crippen molar-refractivity contribution in [2.24, 2.45) is 5.73 Å². The SMILES string of the molecule is COc1ccc(OCCCC(C)N)c(C(C)(C)C)c1. The number of rotatable bonds is 6. The molecule has 3 heteroatoms. The molecule has 1 rings (SSSR count). The first-order valence-corrected chi connectivity index (χ1v) is 6.91. The Morgan fingerprint density at radius 1 is 1.26 bits per heavy atom. The fourth-order valence-electron chi connectivity index (χ4n) is 1.94. The van der Waals surface area contributed by atoms with Gasteiger partial charge in [0, 0.05) is 11.6 Å². The number of ether oxygens (including phenoxy) is 2. The van der Waals surface area contributed by atoms with Crippen molar-refractivity contribution < 1.29 is 9.47 Å². The summed E-state index contributed by atoms with van der Waals surface area (Å²) in [5, 5.41) is 0. The second kappa shape index (κ2) is 6.80. The molecule has 0 spiro atoms. The minimum atomic E-state index is 0.0328. The molecule has 0 aliphatic rings. The van der Waals surface area contributed by atoms with Crippen LogP contribution in [0.2, 0.25) is 0 Å². The van der Waals surface area contributed by atoms with Crippen molar-refractivity contribution in [2.45, 2.75) is 52.0 Å². The largest absolute Gasteiger partial charge is 0.497 e. The van der Waals surface area contributed by atoms with E-state index in [4.69, 9.17) is 15.2 Å². The van der Waals surface area contributed by atoms with Gasteiger partial charge >= 0.3 is 0 Å². The summed E-state index contributed by atoms with van der Waals surface area (Å²) in [6.07, 6.45) is 1.97. The average molecular weight is 265 g/mol. The highest BCUT2D eigenvalue weighted by Gasteiger charge is 2.19. The predicted octanol–water partition coefficient (Wildman–Crippen LogP) is 3.50. The zero-order chi connectivity index (χ0) is 14.5. The third kappa shape index (κ3) is 5.11. The lowest BCUT2D eigenvalue weighted by atomic mass is 9.86. The monoisotopic (exact) mass is 265 g/mol. The zero-order valence-corrected chi connectivity index (χ0v) is 12.8. The van der Waals surface area contributed by atoms with Gasteiger partial charge in [-0.2, -0.15) is 0 Å². The maximum atomic E-state index is 5.90. The lowest BCUT2D eigenvalue weighted by Gasteiger charge is -2.23. The van der Waals surface area contributed by atoms with Gasteiger partial charge in [0.25, 0.3) is 0 Å². The number of nitrogens with two attached hydrogens (primary N) is 1. The molecule has 0 bridgehead atoms. The predicted molar refractivity (Wildman–Crippen MR) is 80.1 cm³/mol. The second-order valence-corrected chi connectivity index (χ2v) is 6.08. The highest BCUT2D eigenvalue weighted by atomic mass is 16.5. The van der Waals surface area contributed by atoms with Gasteiger partial charge in [-0.25, -0.2) is 0 Å². The van der Waals surface area contributed by atoms with E-state index in [9.17, 15) is 0 Å². The van der Waals surface area contributed by atoms with Crippen molar-refractivity contribution in [3.05, 3.63) is 23.8 Å². The van der Waals surface area contributed by atoms with Crippen LogP contribution in [0.3, 0.4) is 0 Å². The summed E-state index contributed by atoms with van der Waals surface area (Å²) in [5.41, 5.74) is 6.94. The second-order valence-electron chi connectivity index (χ2n) is 6.08. The summed E-state index contributed by atoms with van der Waals surface area (Å²) in [5.74, 6) is 1.81. The van der Waals surface area contributed by atoms with Gasteiger partial charge in [0.05, 0.1) is 13.7 Å². The normalized spacial score (nSPS) is 13.2. The van der Waals surface area contributed by atoms with Crippen molar-refractivity contribution in [2.75, 3.05) is 13.7 Å². The van der Waals surface area contributed by atoms with Crippen LogP contribution < -0.4 is 15.2 Å². The summed E-state index contributed by atoms with van der Waals surface area (Å²) in [7, 11) is 1.69. The van der Waals surface area contributed by atoms with Crippen LogP contribution in [0.25, 0.3) is 0 Å². The van der Waals surface area contributed by atoms with Crippen molar-refractivity contribution >= 4 is 0 Å². The molecule has 0 aromatic heterocycles. The molecule has 19 heavy (non-hydrogen) atoms. The zero-order valence-electron chi connectivity index (χ0n) is 12.8. The molecule has 0 radical (unpaired) electrons. The molecule has 0 saturated heterocycles. The highest BCUT2D eigenvalue weighted by molar-refractivity contribution is 5.44.